The fourth-order valence-electron chi connectivity index (χ4n) is 2.77. The van der Waals surface area contributed by atoms with Crippen molar-refractivity contribution in [3.63, 3.8) is 0 Å². The maximum atomic E-state index is 12.0. The fraction of sp³-hybridized carbons (Fsp3) is 0.467. The topological polar surface area (TPSA) is 49.9 Å². The Morgan fingerprint density at radius 2 is 1.76 bits per heavy atom. The zero-order chi connectivity index (χ0) is 14.8. The van der Waals surface area contributed by atoms with Crippen molar-refractivity contribution in [3.05, 3.63) is 24.3 Å². The standard InChI is InChI=1S/C15H17ClN2O3/c16-15(20)11-9-14(19)18(10-11)13-3-1-12(2-4-13)17-5-7-21-8-6-17/h1-4,11H,5-10H2/t11-/m0/s1. The number of morpholine rings is 1. The fourth-order valence-corrected chi connectivity index (χ4v) is 2.92. The van der Waals surface area contributed by atoms with Crippen LogP contribution in [0, 0.1) is 5.92 Å². The average molecular weight is 309 g/mol. The molecule has 0 aliphatic carbocycles. The molecule has 5 nitrogen and oxygen atoms in total. The number of carbonyl (C=O) groups excluding carboxylic acids is 2. The number of halogens is 1. The average Bonchev–Trinajstić information content (AvgIpc) is 2.91. The molecule has 0 spiro atoms. The molecule has 1 aromatic rings. The summed E-state index contributed by atoms with van der Waals surface area (Å²) >= 11 is 5.49. The second-order valence-corrected chi connectivity index (χ2v) is 5.70. The molecule has 1 atom stereocenters. The van der Waals surface area contributed by atoms with Crippen molar-refractivity contribution in [2.75, 3.05) is 42.6 Å². The Labute approximate surface area is 128 Å². The maximum Gasteiger partial charge on any atom is 0.227 e. The molecule has 6 heteroatoms. The summed E-state index contributed by atoms with van der Waals surface area (Å²) in [5, 5.41) is -0.434. The first kappa shape index (κ1) is 14.4. The van der Waals surface area contributed by atoms with Gasteiger partial charge in [0.15, 0.2) is 0 Å². The maximum absolute atomic E-state index is 12.0. The minimum Gasteiger partial charge on any atom is -0.378 e. The largest absolute Gasteiger partial charge is 0.378 e. The number of ether oxygens (including phenoxy) is 1. The molecule has 0 aromatic heterocycles. The van der Waals surface area contributed by atoms with Gasteiger partial charge in [0.05, 0.1) is 19.1 Å². The van der Waals surface area contributed by atoms with Crippen LogP contribution in [0.25, 0.3) is 0 Å². The van der Waals surface area contributed by atoms with Crippen LogP contribution in [0.2, 0.25) is 0 Å². The molecule has 1 amide bonds. The van der Waals surface area contributed by atoms with E-state index in [4.69, 9.17) is 16.3 Å². The third kappa shape index (κ3) is 3.04. The number of rotatable bonds is 3. The van der Waals surface area contributed by atoms with Gasteiger partial charge in [0.25, 0.3) is 0 Å². The predicted molar refractivity (Wildman–Crippen MR) is 80.8 cm³/mol. The van der Waals surface area contributed by atoms with Gasteiger partial charge in [-0.25, -0.2) is 0 Å². The highest BCUT2D eigenvalue weighted by atomic mass is 35.5. The molecule has 112 valence electrons. The van der Waals surface area contributed by atoms with Gasteiger partial charge >= 0.3 is 0 Å². The van der Waals surface area contributed by atoms with Crippen molar-refractivity contribution < 1.29 is 14.3 Å². The van der Waals surface area contributed by atoms with Gasteiger partial charge in [-0.2, -0.15) is 0 Å². The molecule has 0 saturated carbocycles. The molecule has 1 aromatic carbocycles. The number of amides is 1. The van der Waals surface area contributed by atoms with Gasteiger partial charge in [-0.05, 0) is 35.9 Å². The number of nitrogens with zero attached hydrogens (tertiary/aromatic N) is 2. The van der Waals surface area contributed by atoms with Gasteiger partial charge in [0.1, 0.15) is 0 Å². The summed E-state index contributed by atoms with van der Waals surface area (Å²) in [5.41, 5.74) is 1.94. The van der Waals surface area contributed by atoms with Crippen LogP contribution in [-0.4, -0.2) is 44.0 Å². The van der Waals surface area contributed by atoms with Gasteiger partial charge in [-0.1, -0.05) is 0 Å². The van der Waals surface area contributed by atoms with E-state index in [2.05, 4.69) is 4.90 Å². The van der Waals surface area contributed by atoms with Gasteiger partial charge in [-0.3, -0.25) is 9.59 Å². The van der Waals surface area contributed by atoms with Crippen molar-refractivity contribution >= 4 is 34.1 Å². The molecule has 0 N–H and O–H groups in total. The zero-order valence-corrected chi connectivity index (χ0v) is 12.4. The second kappa shape index (κ2) is 6.03. The summed E-state index contributed by atoms with van der Waals surface area (Å²) in [6.45, 7) is 3.62. The third-order valence-corrected chi connectivity index (χ3v) is 4.29. The van der Waals surface area contributed by atoms with E-state index < -0.39 is 11.2 Å². The van der Waals surface area contributed by atoms with E-state index in [1.807, 2.05) is 24.3 Å². The molecule has 2 saturated heterocycles. The molecule has 2 heterocycles. The molecule has 0 bridgehead atoms. The molecule has 2 fully saturated rings. The van der Waals surface area contributed by atoms with Gasteiger partial charge in [0.2, 0.25) is 11.1 Å². The van der Waals surface area contributed by atoms with Crippen LogP contribution in [0.1, 0.15) is 6.42 Å². The normalized spacial score (nSPS) is 22.7. The lowest BCUT2D eigenvalue weighted by molar-refractivity contribution is -0.120. The monoisotopic (exact) mass is 308 g/mol. The minimum atomic E-state index is -0.434. The van der Waals surface area contributed by atoms with Crippen LogP contribution in [-0.2, 0) is 14.3 Å². The van der Waals surface area contributed by atoms with Crippen molar-refractivity contribution in [2.45, 2.75) is 6.42 Å². The molecule has 2 aliphatic rings. The van der Waals surface area contributed by atoms with Gasteiger partial charge < -0.3 is 14.5 Å². The second-order valence-electron chi connectivity index (χ2n) is 5.33. The smallest absolute Gasteiger partial charge is 0.227 e. The zero-order valence-electron chi connectivity index (χ0n) is 11.6. The summed E-state index contributed by atoms with van der Waals surface area (Å²) in [7, 11) is 0. The SMILES string of the molecule is O=C(Cl)[C@H]1CC(=O)N(c2ccc(N3CCOCC3)cc2)C1. The lowest BCUT2D eigenvalue weighted by atomic mass is 10.1. The summed E-state index contributed by atoms with van der Waals surface area (Å²) in [5.74, 6) is -0.439. The Balaban J connectivity index is 1.72. The highest BCUT2D eigenvalue weighted by Crippen LogP contribution is 2.28. The molecular weight excluding hydrogens is 292 g/mol. The van der Waals surface area contributed by atoms with E-state index in [-0.39, 0.29) is 12.3 Å². The van der Waals surface area contributed by atoms with E-state index in [1.165, 1.54) is 0 Å². The highest BCUT2D eigenvalue weighted by Gasteiger charge is 2.34. The van der Waals surface area contributed by atoms with Crippen LogP contribution in [0.3, 0.4) is 0 Å². The number of carbonyl (C=O) groups is 2. The Morgan fingerprint density at radius 1 is 1.14 bits per heavy atom. The molecule has 2 aliphatic heterocycles. The highest BCUT2D eigenvalue weighted by molar-refractivity contribution is 6.64. The summed E-state index contributed by atoms with van der Waals surface area (Å²) < 4.78 is 5.34. The van der Waals surface area contributed by atoms with Crippen LogP contribution in [0.15, 0.2) is 24.3 Å². The summed E-state index contributed by atoms with van der Waals surface area (Å²) in [4.78, 5) is 27.0. The van der Waals surface area contributed by atoms with E-state index >= 15 is 0 Å². The summed E-state index contributed by atoms with van der Waals surface area (Å²) in [6, 6.07) is 7.85. The van der Waals surface area contributed by atoms with E-state index in [0.29, 0.717) is 6.54 Å². The van der Waals surface area contributed by atoms with Crippen molar-refractivity contribution in [1.82, 2.24) is 0 Å². The molecule has 0 unspecified atom stereocenters. The first-order chi connectivity index (χ1) is 10.1. The Bertz CT molecular complexity index is 540. The minimum absolute atomic E-state index is 0.0480. The third-order valence-electron chi connectivity index (χ3n) is 3.98. The molecular formula is C15H17ClN2O3. The summed E-state index contributed by atoms with van der Waals surface area (Å²) in [6.07, 6.45) is 0.202. The van der Waals surface area contributed by atoms with Crippen LogP contribution >= 0.6 is 11.6 Å². The molecule has 3 rings (SSSR count). The van der Waals surface area contributed by atoms with Crippen molar-refractivity contribution in [1.29, 1.82) is 0 Å². The van der Waals surface area contributed by atoms with Crippen molar-refractivity contribution in [2.24, 2.45) is 5.92 Å². The number of hydrogen-bond acceptors (Lipinski definition) is 4. The van der Waals surface area contributed by atoms with Crippen molar-refractivity contribution in [3.8, 4) is 0 Å². The van der Waals surface area contributed by atoms with Gasteiger partial charge in [0, 0.05) is 37.4 Å². The molecule has 21 heavy (non-hydrogen) atoms. The number of benzene rings is 1. The van der Waals surface area contributed by atoms with E-state index in [1.54, 1.807) is 4.90 Å². The van der Waals surface area contributed by atoms with Crippen LogP contribution < -0.4 is 9.80 Å². The number of hydrogen-bond donors (Lipinski definition) is 0. The Hall–Kier alpha value is -1.59. The molecule has 0 radical (unpaired) electrons. The lowest BCUT2D eigenvalue weighted by Gasteiger charge is -2.29. The van der Waals surface area contributed by atoms with Crippen LogP contribution in [0.4, 0.5) is 11.4 Å². The first-order valence-electron chi connectivity index (χ1n) is 7.07. The van der Waals surface area contributed by atoms with E-state index in [9.17, 15) is 9.59 Å². The quantitative estimate of drug-likeness (QED) is 0.797. The van der Waals surface area contributed by atoms with Crippen LogP contribution in [0.5, 0.6) is 0 Å². The first-order valence-corrected chi connectivity index (χ1v) is 7.45. The van der Waals surface area contributed by atoms with Gasteiger partial charge in [-0.15, -0.1) is 0 Å². The lowest BCUT2D eigenvalue weighted by Crippen LogP contribution is -2.36. The Kier molecular flexibility index (Phi) is 4.12. The predicted octanol–water partition coefficient (Wildman–Crippen LogP) is 1.64. The number of anilines is 2. The van der Waals surface area contributed by atoms with E-state index in [0.717, 1.165) is 37.7 Å². The Morgan fingerprint density at radius 3 is 2.33 bits per heavy atom.